The number of methoxy groups -OCH3 is 1. The van der Waals surface area contributed by atoms with Crippen LogP contribution in [0.2, 0.25) is 0 Å². The van der Waals surface area contributed by atoms with Gasteiger partial charge in [-0.15, -0.1) is 0 Å². The predicted molar refractivity (Wildman–Crippen MR) is 114 cm³/mol. The van der Waals surface area contributed by atoms with Gasteiger partial charge in [0.15, 0.2) is 11.5 Å². The number of ketones is 1. The fourth-order valence-electron chi connectivity index (χ4n) is 2.93. The van der Waals surface area contributed by atoms with Gasteiger partial charge in [-0.1, -0.05) is 54.1 Å². The van der Waals surface area contributed by atoms with Crippen LogP contribution < -0.4 is 9.47 Å². The van der Waals surface area contributed by atoms with E-state index in [1.54, 1.807) is 7.11 Å². The lowest BCUT2D eigenvalue weighted by molar-refractivity contribution is -0.117. The number of Topliss-reactive ketones (excluding diaryl/α,β-unsaturated/α-hetero) is 1. The highest BCUT2D eigenvalue weighted by Gasteiger charge is 2.11. The fraction of sp³-hybridized carbons (Fsp3) is 0.240. The summed E-state index contributed by atoms with van der Waals surface area (Å²) in [4.78, 5) is 12.5. The van der Waals surface area contributed by atoms with Gasteiger partial charge in [0.1, 0.15) is 18.1 Å². The smallest absolute Gasteiger partial charge is 0.169 e. The van der Waals surface area contributed by atoms with Crippen molar-refractivity contribution in [1.82, 2.24) is 0 Å². The number of para-hydroxylation sites is 1. The van der Waals surface area contributed by atoms with E-state index in [4.69, 9.17) is 14.2 Å². The molecule has 0 unspecified atom stereocenters. The predicted octanol–water partition coefficient (Wildman–Crippen LogP) is 5.17. The van der Waals surface area contributed by atoms with E-state index in [9.17, 15) is 4.79 Å². The molecule has 150 valence electrons. The zero-order chi connectivity index (χ0) is 20.5. The van der Waals surface area contributed by atoms with Crippen molar-refractivity contribution in [2.45, 2.75) is 19.8 Å². The van der Waals surface area contributed by atoms with Gasteiger partial charge in [0.25, 0.3) is 0 Å². The molecule has 0 amide bonds. The summed E-state index contributed by atoms with van der Waals surface area (Å²) >= 11 is 0. The maximum atomic E-state index is 12.5. The first kappa shape index (κ1) is 20.6. The molecular weight excluding hydrogens is 364 g/mol. The van der Waals surface area contributed by atoms with E-state index in [-0.39, 0.29) is 5.78 Å². The lowest BCUT2D eigenvalue weighted by Gasteiger charge is -2.14. The topological polar surface area (TPSA) is 44.8 Å². The van der Waals surface area contributed by atoms with Crippen molar-refractivity contribution in [2.24, 2.45) is 0 Å². The quantitative estimate of drug-likeness (QED) is 0.448. The van der Waals surface area contributed by atoms with Crippen LogP contribution in [0.25, 0.3) is 0 Å². The molecule has 0 spiro atoms. The Hall–Kier alpha value is -3.11. The first-order valence-corrected chi connectivity index (χ1v) is 9.69. The third kappa shape index (κ3) is 6.47. The molecule has 0 atom stereocenters. The molecule has 29 heavy (non-hydrogen) atoms. The van der Waals surface area contributed by atoms with Gasteiger partial charge in [-0.2, -0.15) is 0 Å². The molecule has 3 rings (SSSR count). The number of benzene rings is 3. The maximum Gasteiger partial charge on any atom is 0.169 e. The molecule has 0 radical (unpaired) electrons. The molecule has 0 saturated carbocycles. The molecule has 0 aliphatic carbocycles. The number of hydrogen-bond acceptors (Lipinski definition) is 4. The molecule has 0 aliphatic rings. The fourth-order valence-corrected chi connectivity index (χ4v) is 2.93. The minimum Gasteiger partial charge on any atom is -0.487 e. The number of ether oxygens (including phenoxy) is 3. The maximum absolute atomic E-state index is 12.5. The van der Waals surface area contributed by atoms with Crippen LogP contribution in [-0.4, -0.2) is 26.1 Å². The Labute approximate surface area is 172 Å². The number of carbonyl (C=O) groups excluding carboxylic acids is 1. The minimum atomic E-state index is 0.161. The summed E-state index contributed by atoms with van der Waals surface area (Å²) in [5, 5.41) is 0. The van der Waals surface area contributed by atoms with Gasteiger partial charge < -0.3 is 14.2 Å². The van der Waals surface area contributed by atoms with Crippen LogP contribution in [0.1, 0.15) is 16.7 Å². The van der Waals surface area contributed by atoms with Crippen molar-refractivity contribution >= 4 is 5.78 Å². The van der Waals surface area contributed by atoms with E-state index < -0.39 is 0 Å². The SMILES string of the molecule is COCCOc1cc(CC(=O)Cc2ccc(C)cc2)ccc1Oc1ccccc1. The number of rotatable bonds is 10. The summed E-state index contributed by atoms with van der Waals surface area (Å²) in [6.07, 6.45) is 0.766. The lowest BCUT2D eigenvalue weighted by Crippen LogP contribution is -2.08. The van der Waals surface area contributed by atoms with E-state index in [1.165, 1.54) is 5.56 Å². The van der Waals surface area contributed by atoms with Gasteiger partial charge in [-0.3, -0.25) is 4.79 Å². The minimum absolute atomic E-state index is 0.161. The summed E-state index contributed by atoms with van der Waals surface area (Å²) in [5.41, 5.74) is 3.11. The largest absolute Gasteiger partial charge is 0.487 e. The molecule has 0 aromatic heterocycles. The van der Waals surface area contributed by atoms with Crippen LogP contribution in [-0.2, 0) is 22.4 Å². The molecule has 0 saturated heterocycles. The van der Waals surface area contributed by atoms with Crippen LogP contribution in [0.15, 0.2) is 72.8 Å². The van der Waals surface area contributed by atoms with Crippen molar-refractivity contribution in [2.75, 3.05) is 20.3 Å². The van der Waals surface area contributed by atoms with Crippen molar-refractivity contribution in [3.8, 4) is 17.2 Å². The lowest BCUT2D eigenvalue weighted by atomic mass is 10.0. The van der Waals surface area contributed by atoms with Crippen LogP contribution >= 0.6 is 0 Å². The summed E-state index contributed by atoms with van der Waals surface area (Å²) < 4.78 is 16.9. The van der Waals surface area contributed by atoms with Crippen molar-refractivity contribution in [3.05, 3.63) is 89.5 Å². The highest BCUT2D eigenvalue weighted by Crippen LogP contribution is 2.32. The second-order valence-corrected chi connectivity index (χ2v) is 6.92. The van der Waals surface area contributed by atoms with Crippen molar-refractivity contribution < 1.29 is 19.0 Å². The van der Waals surface area contributed by atoms with Crippen LogP contribution in [0, 0.1) is 6.92 Å². The Kier molecular flexibility index (Phi) is 7.42. The summed E-state index contributed by atoms with van der Waals surface area (Å²) in [6.45, 7) is 2.92. The molecular formula is C25H26O4. The normalized spacial score (nSPS) is 10.6. The summed E-state index contributed by atoms with van der Waals surface area (Å²) in [6, 6.07) is 23.2. The van der Waals surface area contributed by atoms with Gasteiger partial charge in [-0.25, -0.2) is 0 Å². The van der Waals surface area contributed by atoms with Gasteiger partial charge >= 0.3 is 0 Å². The molecule has 0 N–H and O–H groups in total. The number of aryl methyl sites for hydroxylation is 1. The molecule has 3 aromatic carbocycles. The Morgan fingerprint density at radius 1 is 0.793 bits per heavy atom. The Balaban J connectivity index is 1.71. The average Bonchev–Trinajstić information content (AvgIpc) is 2.72. The molecule has 3 aromatic rings. The van der Waals surface area contributed by atoms with E-state index in [0.29, 0.717) is 37.6 Å². The Morgan fingerprint density at radius 2 is 1.48 bits per heavy atom. The summed E-state index contributed by atoms with van der Waals surface area (Å²) in [5.74, 6) is 2.11. The molecule has 4 heteroatoms. The van der Waals surface area contributed by atoms with Gasteiger partial charge in [0, 0.05) is 20.0 Å². The Morgan fingerprint density at radius 3 is 2.21 bits per heavy atom. The van der Waals surface area contributed by atoms with Crippen LogP contribution in [0.5, 0.6) is 17.2 Å². The van der Waals surface area contributed by atoms with Crippen LogP contribution in [0.4, 0.5) is 0 Å². The first-order valence-electron chi connectivity index (χ1n) is 9.69. The van der Waals surface area contributed by atoms with Gasteiger partial charge in [0.05, 0.1) is 6.61 Å². The van der Waals surface area contributed by atoms with Crippen molar-refractivity contribution in [1.29, 1.82) is 0 Å². The standard InChI is InChI=1S/C25H26O4/c1-19-8-10-20(11-9-19)16-22(26)17-21-12-13-24(25(18-21)28-15-14-27-2)29-23-6-4-3-5-7-23/h3-13,18H,14-17H2,1-2H3. The van der Waals surface area contributed by atoms with Gasteiger partial charge in [0.2, 0.25) is 0 Å². The third-order valence-corrected chi connectivity index (χ3v) is 4.45. The molecule has 0 heterocycles. The molecule has 0 bridgehead atoms. The second-order valence-electron chi connectivity index (χ2n) is 6.92. The zero-order valence-electron chi connectivity index (χ0n) is 16.9. The van der Waals surface area contributed by atoms with E-state index >= 15 is 0 Å². The number of carbonyl (C=O) groups is 1. The monoisotopic (exact) mass is 390 g/mol. The third-order valence-electron chi connectivity index (χ3n) is 4.45. The summed E-state index contributed by atoms with van der Waals surface area (Å²) in [7, 11) is 1.63. The molecule has 0 aliphatic heterocycles. The van der Waals surface area contributed by atoms with E-state index in [1.807, 2.05) is 79.7 Å². The van der Waals surface area contributed by atoms with Gasteiger partial charge in [-0.05, 0) is 42.3 Å². The zero-order valence-corrected chi connectivity index (χ0v) is 16.9. The van der Waals surface area contributed by atoms with E-state index in [2.05, 4.69) is 0 Å². The Bertz CT molecular complexity index is 917. The van der Waals surface area contributed by atoms with Crippen molar-refractivity contribution in [3.63, 3.8) is 0 Å². The highest BCUT2D eigenvalue weighted by atomic mass is 16.5. The number of hydrogen-bond donors (Lipinski definition) is 0. The van der Waals surface area contributed by atoms with E-state index in [0.717, 1.165) is 16.9 Å². The first-order chi connectivity index (χ1) is 14.1. The molecule has 0 fully saturated rings. The van der Waals surface area contributed by atoms with Crippen LogP contribution in [0.3, 0.4) is 0 Å². The second kappa shape index (κ2) is 10.4. The average molecular weight is 390 g/mol. The molecule has 4 nitrogen and oxygen atoms in total. The highest BCUT2D eigenvalue weighted by molar-refractivity contribution is 5.83.